The third kappa shape index (κ3) is 6.21. The lowest BCUT2D eigenvalue weighted by Gasteiger charge is -2.38. The fraction of sp³-hybridized carbons (Fsp3) is 0.323. The first-order valence-corrected chi connectivity index (χ1v) is 15.5. The van der Waals surface area contributed by atoms with Gasteiger partial charge in [0.05, 0.1) is 23.3 Å². The van der Waals surface area contributed by atoms with Crippen molar-refractivity contribution in [2.75, 3.05) is 17.2 Å². The van der Waals surface area contributed by atoms with E-state index in [0.717, 1.165) is 17.7 Å². The number of ketones is 1. The number of carbonyl (C=O) groups excluding carboxylic acids is 2. The van der Waals surface area contributed by atoms with Crippen molar-refractivity contribution in [1.29, 1.82) is 5.26 Å². The Hall–Kier alpha value is -3.94. The number of hydrogen-bond acceptors (Lipinski definition) is 9. The number of hydrogen-bond donors (Lipinski definition) is 2. The molecule has 2 heterocycles. The van der Waals surface area contributed by atoms with Crippen LogP contribution in [-0.4, -0.2) is 34.2 Å². The molecule has 2 aliphatic rings. The van der Waals surface area contributed by atoms with E-state index >= 15 is 0 Å². The van der Waals surface area contributed by atoms with Gasteiger partial charge in [0, 0.05) is 24.2 Å². The van der Waals surface area contributed by atoms with Crippen LogP contribution in [0.25, 0.3) is 0 Å². The molecule has 3 aromatic rings. The summed E-state index contributed by atoms with van der Waals surface area (Å²) < 4.78 is 0.611. The van der Waals surface area contributed by atoms with Crippen LogP contribution in [0.2, 0.25) is 0 Å². The number of benzene rings is 2. The average Bonchev–Trinajstić information content (AvgIpc) is 3.44. The van der Waals surface area contributed by atoms with Crippen molar-refractivity contribution in [3.8, 4) is 6.07 Å². The third-order valence-electron chi connectivity index (χ3n) is 7.34. The minimum absolute atomic E-state index is 0.0284. The molecule has 1 unspecified atom stereocenters. The van der Waals surface area contributed by atoms with Crippen LogP contribution >= 0.6 is 23.1 Å². The number of thioether (sulfide) groups is 1. The van der Waals surface area contributed by atoms with E-state index in [2.05, 4.69) is 47.6 Å². The topological polar surface area (TPSA) is 125 Å². The highest BCUT2D eigenvalue weighted by Gasteiger charge is 2.41. The highest BCUT2D eigenvalue weighted by molar-refractivity contribution is 8.01. The van der Waals surface area contributed by atoms with Crippen molar-refractivity contribution < 1.29 is 9.59 Å². The second-order valence-corrected chi connectivity index (χ2v) is 12.5. The van der Waals surface area contributed by atoms with Crippen LogP contribution in [0.5, 0.6) is 0 Å². The van der Waals surface area contributed by atoms with Crippen molar-refractivity contribution in [1.82, 2.24) is 15.5 Å². The Kier molecular flexibility index (Phi) is 8.86. The highest BCUT2D eigenvalue weighted by atomic mass is 32.2. The number of nitrogens with two attached hydrogens (primary N) is 1. The van der Waals surface area contributed by atoms with Crippen molar-refractivity contribution in [2.24, 2.45) is 5.73 Å². The lowest BCUT2D eigenvalue weighted by molar-refractivity contribution is -0.118. The Morgan fingerprint density at radius 1 is 1.17 bits per heavy atom. The molecule has 1 aliphatic carbocycles. The Bertz CT molecular complexity index is 1540. The molecule has 0 saturated carbocycles. The number of rotatable bonds is 9. The Morgan fingerprint density at radius 2 is 1.93 bits per heavy atom. The van der Waals surface area contributed by atoms with Crippen molar-refractivity contribution >= 4 is 39.9 Å². The number of allylic oxidation sites excluding steroid dienone is 3. The lowest BCUT2D eigenvalue weighted by atomic mass is 9.75. The lowest BCUT2D eigenvalue weighted by Crippen LogP contribution is -2.38. The van der Waals surface area contributed by atoms with E-state index in [-0.39, 0.29) is 23.3 Å². The zero-order chi connectivity index (χ0) is 28.9. The third-order valence-corrected chi connectivity index (χ3v) is 9.38. The van der Waals surface area contributed by atoms with Gasteiger partial charge in [0.25, 0.3) is 0 Å². The SMILES string of the molecule is CC(C)c1ccc(C2C(C#N)=C(N)N(c3nnc(SCC(=O)NCCc4ccccc4)s3)C3=C2C(=O)CCC3)cc1. The van der Waals surface area contributed by atoms with Gasteiger partial charge in [-0.05, 0) is 41.9 Å². The van der Waals surface area contributed by atoms with E-state index < -0.39 is 5.92 Å². The predicted octanol–water partition coefficient (Wildman–Crippen LogP) is 5.42. The number of nitrogens with one attached hydrogen (secondary N) is 1. The van der Waals surface area contributed by atoms with Gasteiger partial charge in [0.1, 0.15) is 5.82 Å². The molecule has 1 aliphatic heterocycles. The molecule has 0 radical (unpaired) electrons. The van der Waals surface area contributed by atoms with Crippen LogP contribution in [0.4, 0.5) is 5.13 Å². The highest BCUT2D eigenvalue weighted by Crippen LogP contribution is 2.47. The molecule has 0 saturated heterocycles. The largest absolute Gasteiger partial charge is 0.384 e. The number of aromatic nitrogens is 2. The fourth-order valence-corrected chi connectivity index (χ4v) is 6.94. The number of amides is 1. The quantitative estimate of drug-likeness (QED) is 0.320. The monoisotopic (exact) mass is 584 g/mol. The van der Waals surface area contributed by atoms with E-state index in [9.17, 15) is 14.9 Å². The molecule has 0 spiro atoms. The van der Waals surface area contributed by atoms with E-state index in [4.69, 9.17) is 5.73 Å². The average molecular weight is 585 g/mol. The fourth-order valence-electron chi connectivity index (χ4n) is 5.23. The summed E-state index contributed by atoms with van der Waals surface area (Å²) in [6.45, 7) is 4.82. The van der Waals surface area contributed by atoms with Crippen molar-refractivity contribution in [2.45, 2.75) is 55.7 Å². The molecule has 210 valence electrons. The molecule has 2 aromatic carbocycles. The molecule has 41 heavy (non-hydrogen) atoms. The molecule has 1 aromatic heterocycles. The minimum atomic E-state index is -0.512. The standard InChI is InChI=1S/C31H32N6O2S2/c1-19(2)21-11-13-22(14-12-21)27-23(17-32)29(33)37(24-9-6-10-25(38)28(24)27)30-35-36-31(41-30)40-18-26(39)34-16-15-20-7-4-3-5-8-20/h3-5,7-8,11-14,19,27H,6,9-10,15-16,18,33H2,1-2H3,(H,34,39). The molecule has 1 amide bonds. The number of nitrogens with zero attached hydrogens (tertiary/aromatic N) is 4. The maximum atomic E-state index is 13.4. The van der Waals surface area contributed by atoms with E-state index in [1.54, 1.807) is 4.90 Å². The molecule has 0 fully saturated rings. The van der Waals surface area contributed by atoms with Gasteiger partial charge in [0.2, 0.25) is 11.0 Å². The van der Waals surface area contributed by atoms with Crippen LogP contribution in [-0.2, 0) is 16.0 Å². The zero-order valence-corrected chi connectivity index (χ0v) is 24.7. The van der Waals surface area contributed by atoms with Crippen molar-refractivity contribution in [3.63, 3.8) is 0 Å². The summed E-state index contributed by atoms with van der Waals surface area (Å²) in [5.74, 6) is 0.283. The number of Topliss-reactive ketones (excluding diaryl/α,β-unsaturated/α-hetero) is 1. The first kappa shape index (κ1) is 28.6. The molecule has 1 atom stereocenters. The summed E-state index contributed by atoms with van der Waals surface area (Å²) in [7, 11) is 0. The number of anilines is 1. The van der Waals surface area contributed by atoms with Crippen LogP contribution in [0.1, 0.15) is 61.6 Å². The number of nitriles is 1. The summed E-state index contributed by atoms with van der Waals surface area (Å²) in [6.07, 6.45) is 2.54. The maximum Gasteiger partial charge on any atom is 0.230 e. The van der Waals surface area contributed by atoms with E-state index in [0.29, 0.717) is 52.3 Å². The molecular weight excluding hydrogens is 553 g/mol. The Morgan fingerprint density at radius 3 is 2.63 bits per heavy atom. The Balaban J connectivity index is 1.35. The summed E-state index contributed by atoms with van der Waals surface area (Å²) in [5, 5.41) is 22.3. The van der Waals surface area contributed by atoms with Crippen molar-refractivity contribution in [3.05, 3.63) is 94.0 Å². The van der Waals surface area contributed by atoms with Gasteiger partial charge in [-0.1, -0.05) is 91.5 Å². The summed E-state index contributed by atoms with van der Waals surface area (Å²) in [6, 6.07) is 20.4. The van der Waals surface area contributed by atoms with Gasteiger partial charge in [-0.3, -0.25) is 14.5 Å². The first-order valence-electron chi connectivity index (χ1n) is 13.7. The van der Waals surface area contributed by atoms with Crippen LogP contribution in [0, 0.1) is 11.3 Å². The normalized spacial score (nSPS) is 17.1. The molecular formula is C31H32N6O2S2. The molecule has 10 heteroatoms. The van der Waals surface area contributed by atoms with E-state index in [1.165, 1.54) is 34.2 Å². The molecule has 5 rings (SSSR count). The number of carbonyl (C=O) groups is 2. The predicted molar refractivity (Wildman–Crippen MR) is 162 cm³/mol. The van der Waals surface area contributed by atoms with Gasteiger partial charge in [-0.25, -0.2) is 0 Å². The van der Waals surface area contributed by atoms with Gasteiger partial charge >= 0.3 is 0 Å². The summed E-state index contributed by atoms with van der Waals surface area (Å²) >= 11 is 2.59. The van der Waals surface area contributed by atoms with E-state index in [1.807, 2.05) is 42.5 Å². The van der Waals surface area contributed by atoms with Gasteiger partial charge < -0.3 is 11.1 Å². The first-order chi connectivity index (χ1) is 19.9. The maximum absolute atomic E-state index is 13.4. The smallest absolute Gasteiger partial charge is 0.230 e. The second-order valence-electron chi connectivity index (χ2n) is 10.4. The summed E-state index contributed by atoms with van der Waals surface area (Å²) in [5.41, 5.74) is 11.6. The van der Waals surface area contributed by atoms with Crippen LogP contribution in [0.3, 0.4) is 0 Å². The second kappa shape index (κ2) is 12.7. The molecule has 3 N–H and O–H groups in total. The van der Waals surface area contributed by atoms with Crippen LogP contribution in [0.15, 0.2) is 81.6 Å². The zero-order valence-electron chi connectivity index (χ0n) is 23.1. The molecule has 8 nitrogen and oxygen atoms in total. The van der Waals surface area contributed by atoms with Crippen LogP contribution < -0.4 is 16.0 Å². The van der Waals surface area contributed by atoms with Gasteiger partial charge in [0.15, 0.2) is 10.1 Å². The van der Waals surface area contributed by atoms with Gasteiger partial charge in [-0.15, -0.1) is 10.2 Å². The summed E-state index contributed by atoms with van der Waals surface area (Å²) in [4.78, 5) is 27.5. The molecule has 0 bridgehead atoms. The van der Waals surface area contributed by atoms with Gasteiger partial charge in [-0.2, -0.15) is 5.26 Å². The minimum Gasteiger partial charge on any atom is -0.384 e. The Labute approximate surface area is 248 Å².